The second kappa shape index (κ2) is 8.46. The van der Waals surface area contributed by atoms with Gasteiger partial charge in [-0.2, -0.15) is 26.3 Å². The standard InChI is InChI=1S/C20H16F7NO3/c1-10(12-6-13(19(22,23)24)8-14(7-12)20(25,26)27)31-18-17(28-16(29)9-30-18)11-2-4-15(21)5-3-11/h2-8,10,17-18H,9H2,1H3,(H,28,29)/t10-,17+,18+/m0/s1. The van der Waals surface area contributed by atoms with Crippen LogP contribution in [0.1, 0.15) is 41.3 Å². The molecule has 1 heterocycles. The maximum atomic E-state index is 13.2. The van der Waals surface area contributed by atoms with Gasteiger partial charge >= 0.3 is 12.4 Å². The zero-order chi connectivity index (χ0) is 23.0. The SMILES string of the molecule is C[C@H](O[C@H]1OCC(=O)N[C@@H]1c1ccc(F)cc1)c1cc(C(F)(F)F)cc(C(F)(F)F)c1. The molecule has 1 N–H and O–H groups in total. The van der Waals surface area contributed by atoms with E-state index in [1.807, 2.05) is 0 Å². The van der Waals surface area contributed by atoms with Crippen molar-refractivity contribution in [1.29, 1.82) is 0 Å². The summed E-state index contributed by atoms with van der Waals surface area (Å²) in [6.45, 7) is 0.836. The average Bonchev–Trinajstić information content (AvgIpc) is 2.68. The monoisotopic (exact) mass is 451 g/mol. The first-order chi connectivity index (χ1) is 14.3. The molecule has 0 bridgehead atoms. The van der Waals surface area contributed by atoms with Crippen LogP contribution < -0.4 is 5.32 Å². The number of carbonyl (C=O) groups excluding carboxylic acids is 1. The van der Waals surface area contributed by atoms with Crippen molar-refractivity contribution in [2.24, 2.45) is 0 Å². The summed E-state index contributed by atoms with van der Waals surface area (Å²) in [5, 5.41) is 2.56. The van der Waals surface area contributed by atoms with Gasteiger partial charge in [0, 0.05) is 0 Å². The molecule has 4 nitrogen and oxygen atoms in total. The second-order valence-electron chi connectivity index (χ2n) is 6.89. The van der Waals surface area contributed by atoms with E-state index in [0.29, 0.717) is 17.7 Å². The molecule has 2 aromatic carbocycles. The number of alkyl halides is 6. The lowest BCUT2D eigenvalue weighted by molar-refractivity contribution is -0.204. The lowest BCUT2D eigenvalue weighted by atomic mass is 10.0. The van der Waals surface area contributed by atoms with E-state index in [4.69, 9.17) is 9.47 Å². The molecule has 168 valence electrons. The van der Waals surface area contributed by atoms with Crippen LogP contribution in [0, 0.1) is 5.82 Å². The van der Waals surface area contributed by atoms with Crippen LogP contribution in [0.15, 0.2) is 42.5 Å². The van der Waals surface area contributed by atoms with Gasteiger partial charge in [0.1, 0.15) is 18.5 Å². The Morgan fingerprint density at radius 3 is 2.06 bits per heavy atom. The zero-order valence-electron chi connectivity index (χ0n) is 15.9. The van der Waals surface area contributed by atoms with Gasteiger partial charge in [0.05, 0.1) is 17.2 Å². The summed E-state index contributed by atoms with van der Waals surface area (Å²) in [7, 11) is 0. The lowest BCUT2D eigenvalue weighted by Gasteiger charge is -2.34. The Labute approximate surface area is 171 Å². The Morgan fingerprint density at radius 1 is 1.00 bits per heavy atom. The van der Waals surface area contributed by atoms with E-state index in [1.165, 1.54) is 19.1 Å². The molecule has 0 saturated carbocycles. The highest BCUT2D eigenvalue weighted by molar-refractivity contribution is 5.78. The molecule has 3 atom stereocenters. The van der Waals surface area contributed by atoms with Gasteiger partial charge in [-0.1, -0.05) is 12.1 Å². The maximum absolute atomic E-state index is 13.2. The number of halogens is 7. The smallest absolute Gasteiger partial charge is 0.342 e. The van der Waals surface area contributed by atoms with Crippen LogP contribution in [0.3, 0.4) is 0 Å². The largest absolute Gasteiger partial charge is 0.416 e. The van der Waals surface area contributed by atoms with Crippen molar-refractivity contribution in [3.63, 3.8) is 0 Å². The van der Waals surface area contributed by atoms with Gasteiger partial charge in [-0.3, -0.25) is 4.79 Å². The van der Waals surface area contributed by atoms with Crippen LogP contribution in [0.2, 0.25) is 0 Å². The Morgan fingerprint density at radius 2 is 1.55 bits per heavy atom. The normalized spacial score (nSPS) is 21.0. The molecule has 0 unspecified atom stereocenters. The van der Waals surface area contributed by atoms with Crippen LogP contribution in [0.25, 0.3) is 0 Å². The fourth-order valence-electron chi connectivity index (χ4n) is 3.06. The van der Waals surface area contributed by atoms with E-state index in [1.54, 1.807) is 0 Å². The fourth-order valence-corrected chi connectivity index (χ4v) is 3.06. The van der Waals surface area contributed by atoms with E-state index in [2.05, 4.69) is 5.32 Å². The van der Waals surface area contributed by atoms with Gasteiger partial charge in [0.2, 0.25) is 5.91 Å². The van der Waals surface area contributed by atoms with Crippen molar-refractivity contribution >= 4 is 5.91 Å². The van der Waals surface area contributed by atoms with E-state index >= 15 is 0 Å². The number of morpholine rings is 1. The number of amides is 1. The first-order valence-electron chi connectivity index (χ1n) is 8.96. The van der Waals surface area contributed by atoms with Crippen molar-refractivity contribution in [3.05, 3.63) is 70.5 Å². The number of hydrogen-bond donors (Lipinski definition) is 1. The average molecular weight is 451 g/mol. The van der Waals surface area contributed by atoms with Gasteiger partial charge in [-0.25, -0.2) is 4.39 Å². The first kappa shape index (κ1) is 23.0. The molecule has 0 spiro atoms. The quantitative estimate of drug-likeness (QED) is 0.654. The molecule has 1 amide bonds. The third kappa shape index (κ3) is 5.53. The Hall–Kier alpha value is -2.66. The van der Waals surface area contributed by atoms with Crippen molar-refractivity contribution in [2.45, 2.75) is 37.7 Å². The number of ether oxygens (including phenoxy) is 2. The molecular formula is C20H16F7NO3. The molecule has 11 heteroatoms. The number of hydrogen-bond acceptors (Lipinski definition) is 3. The lowest BCUT2D eigenvalue weighted by Crippen LogP contribution is -2.47. The number of benzene rings is 2. The van der Waals surface area contributed by atoms with Gasteiger partial charge < -0.3 is 14.8 Å². The third-order valence-corrected chi connectivity index (χ3v) is 4.61. The number of nitrogens with one attached hydrogen (secondary N) is 1. The summed E-state index contributed by atoms with van der Waals surface area (Å²) in [4.78, 5) is 11.7. The highest BCUT2D eigenvalue weighted by Gasteiger charge is 2.38. The molecule has 2 aromatic rings. The predicted octanol–water partition coefficient (Wildman–Crippen LogP) is 5.15. The van der Waals surface area contributed by atoms with E-state index in [0.717, 1.165) is 12.1 Å². The van der Waals surface area contributed by atoms with Gasteiger partial charge in [-0.05, 0) is 48.4 Å². The summed E-state index contributed by atoms with van der Waals surface area (Å²) in [6, 6.07) is 5.15. The highest BCUT2D eigenvalue weighted by atomic mass is 19.4. The first-order valence-corrected chi connectivity index (χ1v) is 8.96. The summed E-state index contributed by atoms with van der Waals surface area (Å²) in [5.41, 5.74) is -2.94. The topological polar surface area (TPSA) is 47.6 Å². The molecule has 3 rings (SSSR count). The van der Waals surface area contributed by atoms with Crippen molar-refractivity contribution in [3.8, 4) is 0 Å². The molecule has 31 heavy (non-hydrogen) atoms. The number of rotatable bonds is 4. The predicted molar refractivity (Wildman–Crippen MR) is 93.0 cm³/mol. The Bertz CT molecular complexity index is 909. The fraction of sp³-hybridized carbons (Fsp3) is 0.350. The van der Waals surface area contributed by atoms with E-state index in [-0.39, 0.29) is 11.6 Å². The van der Waals surface area contributed by atoms with Gasteiger partial charge in [0.15, 0.2) is 6.29 Å². The summed E-state index contributed by atoms with van der Waals surface area (Å²) >= 11 is 0. The summed E-state index contributed by atoms with van der Waals surface area (Å²) < 4.78 is 103. The molecule has 0 aliphatic carbocycles. The molecule has 1 saturated heterocycles. The van der Waals surface area contributed by atoms with Crippen LogP contribution in [-0.4, -0.2) is 18.8 Å². The molecule has 1 aliphatic heterocycles. The minimum atomic E-state index is -5.00. The summed E-state index contributed by atoms with van der Waals surface area (Å²) in [5.74, 6) is -1.05. The molecule has 0 aromatic heterocycles. The molecule has 1 fully saturated rings. The molecular weight excluding hydrogens is 435 g/mol. The van der Waals surface area contributed by atoms with Crippen LogP contribution in [-0.2, 0) is 26.6 Å². The second-order valence-corrected chi connectivity index (χ2v) is 6.89. The van der Waals surface area contributed by atoms with Crippen molar-refractivity contribution in [2.75, 3.05) is 6.61 Å². The van der Waals surface area contributed by atoms with Crippen LogP contribution in [0.5, 0.6) is 0 Å². The minimum absolute atomic E-state index is 0.0227. The van der Waals surface area contributed by atoms with E-state index < -0.39 is 60.2 Å². The maximum Gasteiger partial charge on any atom is 0.416 e. The molecule has 1 aliphatic rings. The van der Waals surface area contributed by atoms with E-state index in [9.17, 15) is 35.5 Å². The Balaban J connectivity index is 1.90. The third-order valence-electron chi connectivity index (χ3n) is 4.61. The van der Waals surface area contributed by atoms with Crippen LogP contribution in [0.4, 0.5) is 30.7 Å². The van der Waals surface area contributed by atoms with Gasteiger partial charge in [-0.15, -0.1) is 0 Å². The number of carbonyl (C=O) groups is 1. The van der Waals surface area contributed by atoms with Crippen molar-refractivity contribution < 1.29 is 45.0 Å². The van der Waals surface area contributed by atoms with Crippen molar-refractivity contribution in [1.82, 2.24) is 5.32 Å². The van der Waals surface area contributed by atoms with Crippen LogP contribution >= 0.6 is 0 Å². The molecule has 0 radical (unpaired) electrons. The minimum Gasteiger partial charge on any atom is -0.342 e. The summed E-state index contributed by atoms with van der Waals surface area (Å²) in [6.07, 6.45) is -12.5. The zero-order valence-corrected chi connectivity index (χ0v) is 15.9. The Kier molecular flexibility index (Phi) is 6.28. The highest BCUT2D eigenvalue weighted by Crippen LogP contribution is 2.38. The van der Waals surface area contributed by atoms with Gasteiger partial charge in [0.25, 0.3) is 0 Å².